The number of halogens is 1. The van der Waals surface area contributed by atoms with E-state index < -0.39 is 10.0 Å². The molecule has 0 atom stereocenters. The highest BCUT2D eigenvalue weighted by Crippen LogP contribution is 2.07. The van der Waals surface area contributed by atoms with E-state index in [9.17, 15) is 12.8 Å². The van der Waals surface area contributed by atoms with Gasteiger partial charge >= 0.3 is 0 Å². The van der Waals surface area contributed by atoms with E-state index in [0.717, 1.165) is 5.56 Å². The molecular weight excluding hydrogens is 283 g/mol. The van der Waals surface area contributed by atoms with Crippen molar-refractivity contribution in [3.63, 3.8) is 0 Å². The summed E-state index contributed by atoms with van der Waals surface area (Å²) in [5.41, 5.74) is 1.49. The third-order valence-electron chi connectivity index (χ3n) is 2.72. The van der Waals surface area contributed by atoms with Gasteiger partial charge in [-0.3, -0.25) is 0 Å². The highest BCUT2D eigenvalue weighted by molar-refractivity contribution is 7.88. The summed E-state index contributed by atoms with van der Waals surface area (Å²) in [7, 11) is -3.40. The van der Waals surface area contributed by atoms with E-state index in [-0.39, 0.29) is 11.6 Å². The number of nitrogens with zero attached hydrogens (tertiary/aromatic N) is 1. The predicted octanol–water partition coefficient (Wildman–Crippen LogP) is 1.87. The summed E-state index contributed by atoms with van der Waals surface area (Å²) >= 11 is 0. The van der Waals surface area contributed by atoms with Gasteiger partial charge in [-0.25, -0.2) is 17.5 Å². The van der Waals surface area contributed by atoms with Gasteiger partial charge in [-0.15, -0.1) is 0 Å². The number of benzene rings is 1. The van der Waals surface area contributed by atoms with Crippen LogP contribution < -0.4 is 4.72 Å². The van der Waals surface area contributed by atoms with E-state index in [0.29, 0.717) is 24.9 Å². The first-order chi connectivity index (χ1) is 9.55. The number of sulfonamides is 1. The number of aryl methyl sites for hydroxylation is 1. The molecule has 1 heterocycles. The molecule has 0 fully saturated rings. The Kier molecular flexibility index (Phi) is 4.86. The highest BCUT2D eigenvalue weighted by Gasteiger charge is 2.10. The summed E-state index contributed by atoms with van der Waals surface area (Å²) < 4.78 is 43.5. The maximum Gasteiger partial charge on any atom is 0.215 e. The van der Waals surface area contributed by atoms with Gasteiger partial charge in [0.1, 0.15) is 12.1 Å². The van der Waals surface area contributed by atoms with Crippen molar-refractivity contribution < 1.29 is 17.3 Å². The average Bonchev–Trinajstić information content (AvgIpc) is 2.90. The molecule has 108 valence electrons. The van der Waals surface area contributed by atoms with E-state index in [1.54, 1.807) is 6.20 Å². The predicted molar refractivity (Wildman–Crippen MR) is 71.9 cm³/mol. The maximum absolute atomic E-state index is 12.7. The Morgan fingerprint density at radius 3 is 2.60 bits per heavy atom. The zero-order valence-corrected chi connectivity index (χ0v) is 11.6. The average molecular weight is 298 g/mol. The third kappa shape index (κ3) is 4.75. The minimum absolute atomic E-state index is 0.152. The number of hydrogen-bond donors (Lipinski definition) is 1. The van der Waals surface area contributed by atoms with Crippen LogP contribution in [-0.4, -0.2) is 20.1 Å². The minimum atomic E-state index is -3.40. The fraction of sp³-hybridized carbons (Fsp3) is 0.308. The fourth-order valence-electron chi connectivity index (χ4n) is 1.72. The molecule has 0 unspecified atom stereocenters. The van der Waals surface area contributed by atoms with Crippen molar-refractivity contribution in [2.45, 2.75) is 18.6 Å². The second-order valence-electron chi connectivity index (χ2n) is 4.42. The first-order valence-electron chi connectivity index (χ1n) is 6.15. The van der Waals surface area contributed by atoms with Crippen molar-refractivity contribution >= 4 is 10.0 Å². The van der Waals surface area contributed by atoms with Gasteiger partial charge in [0.2, 0.25) is 10.0 Å². The number of aromatic nitrogens is 1. The normalized spacial score (nSPS) is 11.7. The Morgan fingerprint density at radius 2 is 1.95 bits per heavy atom. The summed E-state index contributed by atoms with van der Waals surface area (Å²) in [4.78, 5) is 0. The molecule has 1 aromatic heterocycles. The standard InChI is InChI=1S/C13H15FN2O3S/c14-13-5-3-11(4-6-13)10-20(17,18)16-7-1-2-12-8-15-19-9-12/h3-6,8-9,16H,1-2,7,10H2. The van der Waals surface area contributed by atoms with Crippen molar-refractivity contribution in [2.24, 2.45) is 0 Å². The van der Waals surface area contributed by atoms with Crippen LogP contribution in [0.5, 0.6) is 0 Å². The molecule has 1 N–H and O–H groups in total. The monoisotopic (exact) mass is 298 g/mol. The summed E-state index contributed by atoms with van der Waals surface area (Å²) in [6.07, 6.45) is 4.49. The molecule has 0 saturated heterocycles. The zero-order chi connectivity index (χ0) is 14.4. The van der Waals surface area contributed by atoms with Gasteiger partial charge in [0, 0.05) is 12.1 Å². The Morgan fingerprint density at radius 1 is 1.20 bits per heavy atom. The fourth-order valence-corrected chi connectivity index (χ4v) is 2.91. The van der Waals surface area contributed by atoms with Crippen LogP contribution in [0.1, 0.15) is 17.5 Å². The van der Waals surface area contributed by atoms with Crippen LogP contribution >= 0.6 is 0 Å². The Labute approximate surface area is 116 Å². The van der Waals surface area contributed by atoms with Crippen LogP contribution in [0.3, 0.4) is 0 Å². The Balaban J connectivity index is 1.77. The molecule has 20 heavy (non-hydrogen) atoms. The quantitative estimate of drug-likeness (QED) is 0.792. The molecule has 0 saturated carbocycles. The molecule has 2 rings (SSSR count). The lowest BCUT2D eigenvalue weighted by Gasteiger charge is -2.06. The van der Waals surface area contributed by atoms with Crippen molar-refractivity contribution in [3.8, 4) is 0 Å². The van der Waals surface area contributed by atoms with Crippen LogP contribution in [0.15, 0.2) is 41.2 Å². The SMILES string of the molecule is O=S(=O)(Cc1ccc(F)cc1)NCCCc1cnoc1. The van der Waals surface area contributed by atoms with Gasteiger partial charge in [-0.05, 0) is 30.5 Å². The van der Waals surface area contributed by atoms with Crippen LogP contribution in [0, 0.1) is 5.82 Å². The Bertz CT molecular complexity index is 624. The van der Waals surface area contributed by atoms with E-state index in [2.05, 4.69) is 14.4 Å². The highest BCUT2D eigenvalue weighted by atomic mass is 32.2. The molecule has 0 aliphatic heterocycles. The van der Waals surface area contributed by atoms with E-state index in [4.69, 9.17) is 0 Å². The minimum Gasteiger partial charge on any atom is -0.364 e. The van der Waals surface area contributed by atoms with Crippen molar-refractivity contribution in [1.29, 1.82) is 0 Å². The van der Waals surface area contributed by atoms with Crippen LogP contribution in [0.4, 0.5) is 4.39 Å². The molecule has 0 bridgehead atoms. The molecule has 0 spiro atoms. The second kappa shape index (κ2) is 6.62. The second-order valence-corrected chi connectivity index (χ2v) is 6.22. The molecule has 0 amide bonds. The molecule has 0 aliphatic rings. The first kappa shape index (κ1) is 14.7. The Hall–Kier alpha value is -1.73. The topological polar surface area (TPSA) is 72.2 Å². The van der Waals surface area contributed by atoms with Crippen molar-refractivity contribution in [2.75, 3.05) is 6.54 Å². The lowest BCUT2D eigenvalue weighted by atomic mass is 10.2. The number of rotatable bonds is 7. The van der Waals surface area contributed by atoms with Crippen LogP contribution in [0.2, 0.25) is 0 Å². The molecule has 1 aromatic carbocycles. The van der Waals surface area contributed by atoms with E-state index in [1.165, 1.54) is 30.5 Å². The van der Waals surface area contributed by atoms with Gasteiger partial charge < -0.3 is 4.52 Å². The van der Waals surface area contributed by atoms with Crippen molar-refractivity contribution in [1.82, 2.24) is 9.88 Å². The lowest BCUT2D eigenvalue weighted by molar-refractivity contribution is 0.418. The summed E-state index contributed by atoms with van der Waals surface area (Å²) in [6, 6.07) is 5.42. The molecule has 0 aliphatic carbocycles. The van der Waals surface area contributed by atoms with Crippen LogP contribution in [0.25, 0.3) is 0 Å². The first-order valence-corrected chi connectivity index (χ1v) is 7.80. The third-order valence-corrected chi connectivity index (χ3v) is 4.07. The summed E-state index contributed by atoms with van der Waals surface area (Å²) in [5.74, 6) is -0.534. The van der Waals surface area contributed by atoms with Gasteiger partial charge in [0.25, 0.3) is 0 Å². The summed E-state index contributed by atoms with van der Waals surface area (Å²) in [6.45, 7) is 0.342. The van der Waals surface area contributed by atoms with Gasteiger partial charge in [0.15, 0.2) is 0 Å². The molecule has 0 radical (unpaired) electrons. The zero-order valence-electron chi connectivity index (χ0n) is 10.8. The maximum atomic E-state index is 12.7. The number of nitrogens with one attached hydrogen (secondary N) is 1. The van der Waals surface area contributed by atoms with Gasteiger partial charge in [-0.1, -0.05) is 17.3 Å². The van der Waals surface area contributed by atoms with E-state index in [1.807, 2.05) is 0 Å². The van der Waals surface area contributed by atoms with Gasteiger partial charge in [-0.2, -0.15) is 0 Å². The molecule has 2 aromatic rings. The molecule has 7 heteroatoms. The molecule has 5 nitrogen and oxygen atoms in total. The molecular formula is C13H15FN2O3S. The van der Waals surface area contributed by atoms with Gasteiger partial charge in [0.05, 0.1) is 11.9 Å². The van der Waals surface area contributed by atoms with Crippen molar-refractivity contribution in [3.05, 3.63) is 53.7 Å². The smallest absolute Gasteiger partial charge is 0.215 e. The summed E-state index contributed by atoms with van der Waals surface area (Å²) in [5, 5.41) is 3.57. The largest absolute Gasteiger partial charge is 0.364 e. The van der Waals surface area contributed by atoms with Crippen LogP contribution in [-0.2, 0) is 22.2 Å². The lowest BCUT2D eigenvalue weighted by Crippen LogP contribution is -2.26. The number of hydrogen-bond acceptors (Lipinski definition) is 4. The van der Waals surface area contributed by atoms with E-state index >= 15 is 0 Å².